The summed E-state index contributed by atoms with van der Waals surface area (Å²) in [5, 5.41) is 0. The number of ether oxygens (including phenoxy) is 4. The smallest absolute Gasteiger partial charge is 0.433 e. The summed E-state index contributed by atoms with van der Waals surface area (Å²) in [6.45, 7) is 0.873. The van der Waals surface area contributed by atoms with Crippen molar-refractivity contribution < 1.29 is 42.5 Å². The zero-order valence-corrected chi connectivity index (χ0v) is 15.2. The number of aromatic amines is 1. The predicted octanol–water partition coefficient (Wildman–Crippen LogP) is -1.11. The molecule has 0 aliphatic carbocycles. The summed E-state index contributed by atoms with van der Waals surface area (Å²) in [5.41, 5.74) is 0. The van der Waals surface area contributed by atoms with Crippen LogP contribution in [0.4, 0.5) is 4.79 Å². The number of aliphatic imine (C=N–C) groups is 4. The highest BCUT2D eigenvalue weighted by atomic mass is 16.6. The van der Waals surface area contributed by atoms with Crippen molar-refractivity contribution in [3.63, 3.8) is 0 Å². The molecular weight excluding hydrogens is 410 g/mol. The van der Waals surface area contributed by atoms with Crippen LogP contribution in [0.3, 0.4) is 0 Å². The van der Waals surface area contributed by atoms with Gasteiger partial charge < -0.3 is 23.4 Å². The van der Waals surface area contributed by atoms with E-state index >= 15 is 0 Å². The molecule has 15 heteroatoms. The van der Waals surface area contributed by atoms with Gasteiger partial charge in [0.1, 0.15) is 25.6 Å². The lowest BCUT2D eigenvalue weighted by Crippen LogP contribution is -1.95. The Hall–Kier alpha value is -4.43. The van der Waals surface area contributed by atoms with E-state index in [1.807, 2.05) is 0 Å². The van der Waals surface area contributed by atoms with Crippen molar-refractivity contribution in [2.45, 2.75) is 0 Å². The topological polar surface area (TPSA) is 201 Å². The first-order valence-electron chi connectivity index (χ1n) is 7.80. The molecule has 15 nitrogen and oxygen atoms in total. The fourth-order valence-electron chi connectivity index (χ4n) is 1.23. The molecule has 0 unspecified atom stereocenters. The van der Waals surface area contributed by atoms with Crippen LogP contribution < -0.4 is 5.76 Å². The standard InChI is InChI=1S/5C3H3NO2/c5-3-1-6-2-4-3;2*5-3-1-4-2-6-3;2*5-3-4-1-2-6-3/h2*2H,1H2;2*1H,2H2;1-2H,(H,4,5). The van der Waals surface area contributed by atoms with Gasteiger partial charge in [0.05, 0.1) is 0 Å². The van der Waals surface area contributed by atoms with Gasteiger partial charge in [0.15, 0.2) is 26.1 Å². The van der Waals surface area contributed by atoms with Crippen LogP contribution in [-0.4, -0.2) is 80.6 Å². The van der Waals surface area contributed by atoms with Gasteiger partial charge in [-0.2, -0.15) is 9.98 Å². The molecule has 4 aliphatic heterocycles. The molecular formula is C15H15N5O10. The number of amides is 2. The molecule has 0 saturated heterocycles. The first kappa shape index (κ1) is 23.6. The highest BCUT2D eigenvalue weighted by Gasteiger charge is 2.02. The van der Waals surface area contributed by atoms with E-state index in [0.717, 1.165) is 12.8 Å². The van der Waals surface area contributed by atoms with Gasteiger partial charge in [-0.1, -0.05) is 0 Å². The number of carbonyl (C=O) groups is 4. The number of hydrogen-bond acceptors (Lipinski definition) is 12. The van der Waals surface area contributed by atoms with Crippen LogP contribution in [0.2, 0.25) is 0 Å². The fraction of sp³-hybridized carbons (Fsp3) is 0.267. The van der Waals surface area contributed by atoms with E-state index in [1.165, 1.54) is 24.9 Å². The zero-order valence-electron chi connectivity index (χ0n) is 15.2. The Morgan fingerprint density at radius 3 is 1.97 bits per heavy atom. The Bertz CT molecular complexity index is 794. The number of rotatable bonds is 0. The Balaban J connectivity index is 0.000000187. The van der Waals surface area contributed by atoms with Gasteiger partial charge in [0.25, 0.3) is 5.91 Å². The molecule has 160 valence electrons. The van der Waals surface area contributed by atoms with Crippen LogP contribution >= 0.6 is 0 Å². The SMILES string of the molecule is O=C1C=NCO1.O=C1CN=CO1.O=C1COC=N1.O=C1N=CCO1.O=c1[nH]cco1. The second-order valence-electron chi connectivity index (χ2n) is 4.52. The van der Waals surface area contributed by atoms with Crippen LogP contribution in [0, 0.1) is 0 Å². The Labute approximate surface area is 167 Å². The molecule has 0 aromatic carbocycles. The molecule has 4 aliphatic rings. The molecule has 0 saturated carbocycles. The normalized spacial score (nSPS) is 16.4. The number of H-pyrrole nitrogens is 1. The minimum Gasteiger partial charge on any atom is -0.473 e. The number of carbonyl (C=O) groups excluding carboxylic acids is 4. The number of oxazole rings is 1. The van der Waals surface area contributed by atoms with E-state index in [1.54, 1.807) is 0 Å². The van der Waals surface area contributed by atoms with Gasteiger partial charge in [-0.15, -0.1) is 0 Å². The number of nitrogens with zero attached hydrogens (tertiary/aromatic N) is 4. The number of cyclic esters (lactones) is 3. The second-order valence-corrected chi connectivity index (χ2v) is 4.52. The third-order valence-electron chi connectivity index (χ3n) is 2.36. The minimum absolute atomic E-state index is 0.125. The average molecular weight is 425 g/mol. The molecule has 0 fully saturated rings. The van der Waals surface area contributed by atoms with Crippen molar-refractivity contribution in [3.8, 4) is 0 Å². The summed E-state index contributed by atoms with van der Waals surface area (Å²) in [6.07, 6.45) is 7.16. The number of esters is 2. The van der Waals surface area contributed by atoms with Crippen LogP contribution in [0.25, 0.3) is 0 Å². The van der Waals surface area contributed by atoms with Crippen molar-refractivity contribution in [3.05, 3.63) is 23.0 Å². The Kier molecular flexibility index (Phi) is 11.5. The van der Waals surface area contributed by atoms with Crippen LogP contribution in [0.5, 0.6) is 0 Å². The second kappa shape index (κ2) is 14.6. The number of aromatic nitrogens is 1. The van der Waals surface area contributed by atoms with Crippen LogP contribution in [0.1, 0.15) is 0 Å². The summed E-state index contributed by atoms with van der Waals surface area (Å²) < 4.78 is 21.4. The maximum absolute atomic E-state index is 9.92. The molecule has 5 rings (SSSR count). The van der Waals surface area contributed by atoms with Gasteiger partial charge in [0, 0.05) is 12.4 Å². The number of hydrogen-bond donors (Lipinski definition) is 1. The van der Waals surface area contributed by atoms with E-state index in [0.29, 0.717) is 6.61 Å². The number of nitrogens with one attached hydrogen (secondary N) is 1. The zero-order chi connectivity index (χ0) is 22.0. The maximum Gasteiger partial charge on any atom is 0.433 e. The lowest BCUT2D eigenvalue weighted by Gasteiger charge is -1.79. The summed E-state index contributed by atoms with van der Waals surface area (Å²) in [7, 11) is 0. The van der Waals surface area contributed by atoms with Crippen molar-refractivity contribution in [2.75, 3.05) is 26.5 Å². The predicted molar refractivity (Wildman–Crippen MR) is 97.5 cm³/mol. The van der Waals surface area contributed by atoms with Crippen LogP contribution in [0.15, 0.2) is 41.6 Å². The van der Waals surface area contributed by atoms with Crippen molar-refractivity contribution >= 4 is 49.2 Å². The van der Waals surface area contributed by atoms with Crippen LogP contribution in [-0.2, 0) is 33.3 Å². The first-order valence-corrected chi connectivity index (χ1v) is 7.80. The first-order chi connectivity index (χ1) is 14.5. The highest BCUT2D eigenvalue weighted by molar-refractivity contribution is 6.24. The third kappa shape index (κ3) is 12.8. The van der Waals surface area contributed by atoms with E-state index in [2.05, 4.69) is 48.3 Å². The molecule has 5 heterocycles. The van der Waals surface area contributed by atoms with Gasteiger partial charge in [-0.05, 0) is 0 Å². The van der Waals surface area contributed by atoms with Crippen molar-refractivity contribution in [1.82, 2.24) is 4.98 Å². The van der Waals surface area contributed by atoms with E-state index in [-0.39, 0.29) is 37.7 Å². The van der Waals surface area contributed by atoms with Crippen molar-refractivity contribution in [2.24, 2.45) is 20.0 Å². The van der Waals surface area contributed by atoms with E-state index in [9.17, 15) is 24.0 Å². The molecule has 2 amide bonds. The van der Waals surface area contributed by atoms with Gasteiger partial charge in [-0.25, -0.2) is 29.2 Å². The van der Waals surface area contributed by atoms with E-state index in [4.69, 9.17) is 0 Å². The molecule has 0 radical (unpaired) electrons. The highest BCUT2D eigenvalue weighted by Crippen LogP contribution is 1.86. The Morgan fingerprint density at radius 1 is 0.967 bits per heavy atom. The molecule has 1 aromatic rings. The molecule has 1 N–H and O–H groups in total. The molecule has 0 bridgehead atoms. The van der Waals surface area contributed by atoms with Gasteiger partial charge in [-0.3, -0.25) is 9.78 Å². The third-order valence-corrected chi connectivity index (χ3v) is 2.36. The molecule has 0 atom stereocenters. The maximum atomic E-state index is 9.92. The minimum atomic E-state index is -0.477. The summed E-state index contributed by atoms with van der Waals surface area (Å²) in [5.74, 6) is -1.21. The summed E-state index contributed by atoms with van der Waals surface area (Å²) >= 11 is 0. The average Bonchev–Trinajstić information content (AvgIpc) is 3.50. The van der Waals surface area contributed by atoms with E-state index < -0.39 is 11.8 Å². The van der Waals surface area contributed by atoms with Gasteiger partial charge in [0.2, 0.25) is 0 Å². The lowest BCUT2D eigenvalue weighted by atomic mass is 10.7. The van der Waals surface area contributed by atoms with Crippen molar-refractivity contribution in [1.29, 1.82) is 0 Å². The largest absolute Gasteiger partial charge is 0.473 e. The summed E-state index contributed by atoms with van der Waals surface area (Å²) in [4.78, 5) is 65.1. The fourth-order valence-corrected chi connectivity index (χ4v) is 1.23. The lowest BCUT2D eigenvalue weighted by molar-refractivity contribution is -0.133. The van der Waals surface area contributed by atoms with Gasteiger partial charge >= 0.3 is 23.8 Å². The Morgan fingerprint density at radius 2 is 1.80 bits per heavy atom. The molecule has 30 heavy (non-hydrogen) atoms. The quantitative estimate of drug-likeness (QED) is 0.392. The molecule has 0 spiro atoms. The summed E-state index contributed by atoms with van der Waals surface area (Å²) in [6, 6.07) is 0. The monoisotopic (exact) mass is 425 g/mol. The molecule has 1 aromatic heterocycles.